The molecule has 0 amide bonds. The normalized spacial score (nSPS) is 12.2. The lowest BCUT2D eigenvalue weighted by Gasteiger charge is -2.18. The molecule has 2 nitrogen and oxygen atoms in total. The van der Waals surface area contributed by atoms with Gasteiger partial charge in [0.15, 0.2) is 0 Å². The van der Waals surface area contributed by atoms with E-state index >= 15 is 0 Å². The molecule has 0 unspecified atom stereocenters. The van der Waals surface area contributed by atoms with E-state index in [1.807, 2.05) is 18.2 Å². The molecule has 17 heavy (non-hydrogen) atoms. The van der Waals surface area contributed by atoms with Gasteiger partial charge in [0.25, 0.3) is 0 Å². The molecule has 0 bridgehead atoms. The Kier molecular flexibility index (Phi) is 3.45. The summed E-state index contributed by atoms with van der Waals surface area (Å²) in [6.07, 6.45) is 0. The summed E-state index contributed by atoms with van der Waals surface area (Å²) in [5.41, 5.74) is 2.46. The second kappa shape index (κ2) is 4.71. The highest BCUT2D eigenvalue weighted by atomic mass is 35.5. The van der Waals surface area contributed by atoms with E-state index in [9.17, 15) is 0 Å². The van der Waals surface area contributed by atoms with Crippen molar-refractivity contribution < 1.29 is 0 Å². The summed E-state index contributed by atoms with van der Waals surface area (Å²) in [4.78, 5) is 3.36. The van der Waals surface area contributed by atoms with Crippen LogP contribution >= 0.6 is 11.6 Å². The third-order valence-corrected chi connectivity index (χ3v) is 3.10. The first-order chi connectivity index (χ1) is 7.97. The summed E-state index contributed by atoms with van der Waals surface area (Å²) in [5.74, 6) is 0. The van der Waals surface area contributed by atoms with Gasteiger partial charge < -0.3 is 10.3 Å². The predicted octanol–water partition coefficient (Wildman–Crippen LogP) is 3.96. The van der Waals surface area contributed by atoms with E-state index in [1.54, 1.807) is 0 Å². The number of H-pyrrole nitrogens is 1. The van der Waals surface area contributed by atoms with Gasteiger partial charge in [-0.3, -0.25) is 0 Å². The van der Waals surface area contributed by atoms with E-state index in [1.165, 1.54) is 0 Å². The summed E-state index contributed by atoms with van der Waals surface area (Å²) in [6.45, 7) is 8.40. The first-order valence-electron chi connectivity index (χ1n) is 5.93. The van der Waals surface area contributed by atoms with Crippen molar-refractivity contribution in [1.82, 2.24) is 10.3 Å². The second-order valence-electron chi connectivity index (χ2n) is 5.63. The first kappa shape index (κ1) is 12.5. The van der Waals surface area contributed by atoms with Crippen LogP contribution in [0.15, 0.2) is 24.3 Å². The molecule has 2 rings (SSSR count). The average molecular weight is 251 g/mol. The molecule has 0 spiro atoms. The van der Waals surface area contributed by atoms with Gasteiger partial charge in [0.2, 0.25) is 0 Å². The molecule has 0 aliphatic rings. The second-order valence-corrected chi connectivity index (χ2v) is 6.01. The van der Waals surface area contributed by atoms with E-state index in [4.69, 9.17) is 11.6 Å². The van der Waals surface area contributed by atoms with E-state index in [0.717, 1.165) is 34.7 Å². The molecule has 3 heteroatoms. The van der Waals surface area contributed by atoms with Crippen molar-refractivity contribution in [3.8, 4) is 0 Å². The molecular weight excluding hydrogens is 232 g/mol. The fourth-order valence-electron chi connectivity index (χ4n) is 1.85. The Hall–Kier alpha value is -0.990. The van der Waals surface area contributed by atoms with Crippen LogP contribution < -0.4 is 5.32 Å². The van der Waals surface area contributed by atoms with Crippen LogP contribution in [0.2, 0.25) is 5.02 Å². The molecule has 0 saturated carbocycles. The highest BCUT2D eigenvalue weighted by Gasteiger charge is 2.11. The lowest BCUT2D eigenvalue weighted by Crippen LogP contribution is -2.26. The van der Waals surface area contributed by atoms with Gasteiger partial charge in [0.1, 0.15) is 0 Å². The van der Waals surface area contributed by atoms with E-state index in [-0.39, 0.29) is 0 Å². The number of para-hydroxylation sites is 1. The number of aromatic nitrogens is 1. The Labute approximate surface area is 107 Å². The number of halogens is 1. The Morgan fingerprint density at radius 3 is 2.59 bits per heavy atom. The number of aromatic amines is 1. The molecule has 0 fully saturated rings. The highest BCUT2D eigenvalue weighted by molar-refractivity contribution is 6.36. The number of nitrogens with one attached hydrogen (secondary N) is 2. The minimum atomic E-state index is 0.290. The van der Waals surface area contributed by atoms with Crippen LogP contribution in [0.3, 0.4) is 0 Å². The molecule has 2 N–H and O–H groups in total. The van der Waals surface area contributed by atoms with Crippen molar-refractivity contribution in [2.24, 2.45) is 5.41 Å². The molecule has 1 aromatic heterocycles. The van der Waals surface area contributed by atoms with Crippen LogP contribution in [0.5, 0.6) is 0 Å². The summed E-state index contributed by atoms with van der Waals surface area (Å²) in [7, 11) is 0. The van der Waals surface area contributed by atoms with E-state index in [2.05, 4.69) is 37.1 Å². The number of benzene rings is 1. The fourth-order valence-corrected chi connectivity index (χ4v) is 2.13. The zero-order valence-corrected chi connectivity index (χ0v) is 11.4. The van der Waals surface area contributed by atoms with Gasteiger partial charge in [0, 0.05) is 29.7 Å². The van der Waals surface area contributed by atoms with E-state index < -0.39 is 0 Å². The fraction of sp³-hybridized carbons (Fsp3) is 0.429. The van der Waals surface area contributed by atoms with E-state index in [0.29, 0.717) is 5.41 Å². The standard InChI is InChI=1S/C14H19ClN2/c1-14(2,3)9-16-8-12-13(15)10-6-4-5-7-11(10)17-12/h4-7,16-17H,8-9H2,1-3H3. The average Bonchev–Trinajstić information content (AvgIpc) is 2.55. The Morgan fingerprint density at radius 1 is 1.24 bits per heavy atom. The van der Waals surface area contributed by atoms with Crippen LogP contribution in [0.4, 0.5) is 0 Å². The third-order valence-electron chi connectivity index (χ3n) is 2.67. The minimum absolute atomic E-state index is 0.290. The van der Waals surface area contributed by atoms with Gasteiger partial charge >= 0.3 is 0 Å². The molecular formula is C14H19ClN2. The molecule has 92 valence electrons. The smallest absolute Gasteiger partial charge is 0.0705 e. The number of rotatable bonds is 3. The molecule has 0 aliphatic carbocycles. The zero-order valence-electron chi connectivity index (χ0n) is 10.6. The van der Waals surface area contributed by atoms with Gasteiger partial charge in [-0.2, -0.15) is 0 Å². The van der Waals surface area contributed by atoms with Crippen LogP contribution in [-0.2, 0) is 6.54 Å². The Balaban J connectivity index is 2.11. The minimum Gasteiger partial charge on any atom is -0.356 e. The molecule has 0 radical (unpaired) electrons. The van der Waals surface area contributed by atoms with Crippen LogP contribution in [0.1, 0.15) is 26.5 Å². The van der Waals surface area contributed by atoms with Crippen molar-refractivity contribution in [1.29, 1.82) is 0 Å². The lowest BCUT2D eigenvalue weighted by molar-refractivity contribution is 0.378. The van der Waals surface area contributed by atoms with Gasteiger partial charge in [-0.15, -0.1) is 0 Å². The monoisotopic (exact) mass is 250 g/mol. The van der Waals surface area contributed by atoms with Crippen molar-refractivity contribution >= 4 is 22.5 Å². The largest absolute Gasteiger partial charge is 0.356 e. The van der Waals surface area contributed by atoms with Gasteiger partial charge in [-0.25, -0.2) is 0 Å². The maximum Gasteiger partial charge on any atom is 0.0705 e. The lowest BCUT2D eigenvalue weighted by atomic mass is 9.97. The SMILES string of the molecule is CC(C)(C)CNCc1[nH]c2ccccc2c1Cl. The summed E-state index contributed by atoms with van der Waals surface area (Å²) >= 11 is 6.34. The molecule has 0 atom stereocenters. The number of fused-ring (bicyclic) bond motifs is 1. The summed E-state index contributed by atoms with van der Waals surface area (Å²) in [5, 5.41) is 5.36. The van der Waals surface area contributed by atoms with Crippen molar-refractivity contribution in [2.45, 2.75) is 27.3 Å². The maximum atomic E-state index is 6.34. The summed E-state index contributed by atoms with van der Waals surface area (Å²) < 4.78 is 0. The predicted molar refractivity (Wildman–Crippen MR) is 74.5 cm³/mol. The maximum absolute atomic E-state index is 6.34. The van der Waals surface area contributed by atoms with Gasteiger partial charge in [-0.05, 0) is 11.5 Å². The molecule has 0 aliphatic heterocycles. The van der Waals surface area contributed by atoms with Crippen LogP contribution in [0, 0.1) is 5.41 Å². The number of hydrogen-bond acceptors (Lipinski definition) is 1. The Morgan fingerprint density at radius 2 is 1.94 bits per heavy atom. The quantitative estimate of drug-likeness (QED) is 0.848. The van der Waals surface area contributed by atoms with Crippen LogP contribution in [0.25, 0.3) is 10.9 Å². The van der Waals surface area contributed by atoms with Crippen molar-refractivity contribution in [2.75, 3.05) is 6.54 Å². The topological polar surface area (TPSA) is 27.8 Å². The zero-order chi connectivity index (χ0) is 12.5. The molecule has 0 saturated heterocycles. The van der Waals surface area contributed by atoms with Crippen molar-refractivity contribution in [3.05, 3.63) is 35.0 Å². The first-order valence-corrected chi connectivity index (χ1v) is 6.31. The molecule has 1 aromatic carbocycles. The summed E-state index contributed by atoms with van der Waals surface area (Å²) in [6, 6.07) is 8.12. The molecule has 1 heterocycles. The third kappa shape index (κ3) is 3.02. The van der Waals surface area contributed by atoms with Crippen molar-refractivity contribution in [3.63, 3.8) is 0 Å². The Bertz CT molecular complexity index is 508. The van der Waals surface area contributed by atoms with Gasteiger partial charge in [-0.1, -0.05) is 50.6 Å². The van der Waals surface area contributed by atoms with Gasteiger partial charge in [0.05, 0.1) is 5.02 Å². The molecule has 2 aromatic rings. The van der Waals surface area contributed by atoms with Crippen LogP contribution in [-0.4, -0.2) is 11.5 Å². The highest BCUT2D eigenvalue weighted by Crippen LogP contribution is 2.27. The number of hydrogen-bond donors (Lipinski definition) is 2.